The molecule has 0 saturated heterocycles. The Morgan fingerprint density at radius 3 is 1.92 bits per heavy atom. The summed E-state index contributed by atoms with van der Waals surface area (Å²) in [4.78, 5) is 0. The largest absolute Gasteiger partial charge is 0.369 e. The fourth-order valence-electron chi connectivity index (χ4n) is 1.13. The van der Waals surface area contributed by atoms with E-state index >= 15 is 0 Å². The summed E-state index contributed by atoms with van der Waals surface area (Å²) in [5.41, 5.74) is 1.40. The minimum atomic E-state index is 0. The average Bonchev–Trinajstić information content (AvgIpc) is 1.85. The molecule has 1 aromatic carbocycles. The monoisotopic (exact) mass is 168 g/mol. The molecular weight excluding hydrogens is 148 g/mol. The van der Waals surface area contributed by atoms with Crippen molar-refractivity contribution in [3.8, 4) is 0 Å². The quantitative estimate of drug-likeness (QED) is 0.658. The van der Waals surface area contributed by atoms with Crippen molar-refractivity contribution in [1.29, 1.82) is 0 Å². The Kier molecular flexibility index (Phi) is 3.93. The zero-order valence-electron chi connectivity index (χ0n) is 8.54. The van der Waals surface area contributed by atoms with E-state index in [1.54, 1.807) is 0 Å². The molecule has 0 aliphatic rings. The van der Waals surface area contributed by atoms with Gasteiger partial charge in [-0.3, -0.25) is 0 Å². The Morgan fingerprint density at radius 1 is 1.00 bits per heavy atom. The molecule has 2 heteroatoms. The van der Waals surface area contributed by atoms with Crippen LogP contribution in [0.3, 0.4) is 0 Å². The van der Waals surface area contributed by atoms with Crippen molar-refractivity contribution in [3.05, 3.63) is 35.9 Å². The van der Waals surface area contributed by atoms with Crippen molar-refractivity contribution in [2.45, 2.75) is 6.54 Å². The van der Waals surface area contributed by atoms with Gasteiger partial charge in [-0.1, -0.05) is 30.3 Å². The van der Waals surface area contributed by atoms with Crippen LogP contribution in [0.1, 0.15) is 5.56 Å². The van der Waals surface area contributed by atoms with Gasteiger partial charge in [-0.05, 0) is 0 Å². The second kappa shape index (κ2) is 4.24. The Balaban J connectivity index is 0.00000121. The molecule has 2 nitrogen and oxygen atoms in total. The summed E-state index contributed by atoms with van der Waals surface area (Å²) in [6.07, 6.45) is 0. The first-order valence-electron chi connectivity index (χ1n) is 3.92. The van der Waals surface area contributed by atoms with Crippen LogP contribution in [0.2, 0.25) is 0 Å². The molecule has 0 atom stereocenters. The van der Waals surface area contributed by atoms with E-state index in [1.165, 1.54) is 5.56 Å². The van der Waals surface area contributed by atoms with E-state index in [9.17, 15) is 0 Å². The minimum Gasteiger partial charge on any atom is -0.369 e. The summed E-state index contributed by atoms with van der Waals surface area (Å²) in [6.45, 7) is 1.10. The van der Waals surface area contributed by atoms with Gasteiger partial charge in [0.25, 0.3) is 0 Å². The van der Waals surface area contributed by atoms with Crippen LogP contribution in [-0.4, -0.2) is 25.6 Å². The van der Waals surface area contributed by atoms with Crippen molar-refractivity contribution in [2.75, 3.05) is 21.1 Å². The summed E-state index contributed by atoms with van der Waals surface area (Å²) in [5.74, 6) is 0. The highest BCUT2D eigenvalue weighted by atomic mass is 15.3. The van der Waals surface area contributed by atoms with Crippen molar-refractivity contribution in [1.82, 2.24) is 6.15 Å². The van der Waals surface area contributed by atoms with E-state index in [2.05, 4.69) is 51.5 Å². The lowest BCUT2D eigenvalue weighted by Gasteiger charge is -2.23. The molecule has 1 rings (SSSR count). The van der Waals surface area contributed by atoms with Gasteiger partial charge in [0.2, 0.25) is 0 Å². The number of hydrogen-bond acceptors (Lipinski definition) is 0. The standard InChI is InChI=1S/C10H16N.H3N/c1-11(2,3)9-10-7-5-4-6-8-10;/h4-8H,9H2,1-3H3;1H3/q+1;/p+1. The highest BCUT2D eigenvalue weighted by Gasteiger charge is 2.06. The van der Waals surface area contributed by atoms with Crippen molar-refractivity contribution in [3.63, 3.8) is 0 Å². The molecule has 68 valence electrons. The van der Waals surface area contributed by atoms with Crippen LogP contribution in [0.4, 0.5) is 0 Å². The lowest BCUT2D eigenvalue weighted by Crippen LogP contribution is -2.33. The fraction of sp³-hybridized carbons (Fsp3) is 0.400. The van der Waals surface area contributed by atoms with Crippen molar-refractivity contribution in [2.24, 2.45) is 0 Å². The van der Waals surface area contributed by atoms with E-state index in [4.69, 9.17) is 0 Å². The lowest BCUT2D eigenvalue weighted by atomic mass is 10.2. The van der Waals surface area contributed by atoms with Crippen LogP contribution in [-0.2, 0) is 6.54 Å². The zero-order valence-corrected chi connectivity index (χ0v) is 8.54. The number of quaternary nitrogens is 2. The number of nitrogens with zero attached hydrogens (tertiary/aromatic N) is 1. The molecular formula is C10H20N2+2. The van der Waals surface area contributed by atoms with Crippen LogP contribution in [0.15, 0.2) is 30.3 Å². The van der Waals surface area contributed by atoms with Crippen molar-refractivity contribution < 1.29 is 4.48 Å². The molecule has 0 amide bonds. The highest BCUT2D eigenvalue weighted by molar-refractivity contribution is 5.13. The van der Waals surface area contributed by atoms with E-state index in [0.717, 1.165) is 11.0 Å². The lowest BCUT2D eigenvalue weighted by molar-refractivity contribution is -0.884. The molecule has 0 unspecified atom stereocenters. The van der Waals surface area contributed by atoms with Crippen LogP contribution >= 0.6 is 0 Å². The Labute approximate surface area is 75.0 Å². The van der Waals surface area contributed by atoms with Gasteiger partial charge in [0.1, 0.15) is 6.54 Å². The first-order valence-corrected chi connectivity index (χ1v) is 3.92. The van der Waals surface area contributed by atoms with Crippen molar-refractivity contribution >= 4 is 0 Å². The second-order valence-electron chi connectivity index (χ2n) is 3.93. The predicted molar refractivity (Wildman–Crippen MR) is 54.2 cm³/mol. The first kappa shape index (κ1) is 11.1. The molecule has 0 fully saturated rings. The highest BCUT2D eigenvalue weighted by Crippen LogP contribution is 2.04. The molecule has 0 aliphatic carbocycles. The molecule has 0 radical (unpaired) electrons. The van der Waals surface area contributed by atoms with Gasteiger partial charge in [-0.15, -0.1) is 0 Å². The third-order valence-electron chi connectivity index (χ3n) is 1.50. The molecule has 0 heterocycles. The number of hydrogen-bond donors (Lipinski definition) is 1. The van der Waals surface area contributed by atoms with Crippen LogP contribution in [0.25, 0.3) is 0 Å². The van der Waals surface area contributed by atoms with Gasteiger partial charge < -0.3 is 10.6 Å². The normalized spacial score (nSPS) is 10.6. The Bertz CT molecular complexity index is 211. The minimum absolute atomic E-state index is 0. The number of benzene rings is 1. The smallest absolute Gasteiger partial charge is 0.104 e. The molecule has 0 spiro atoms. The topological polar surface area (TPSA) is 36.5 Å². The van der Waals surface area contributed by atoms with E-state index in [-0.39, 0.29) is 6.15 Å². The maximum absolute atomic E-state index is 2.20. The van der Waals surface area contributed by atoms with E-state index in [0.29, 0.717) is 0 Å². The molecule has 0 aliphatic heterocycles. The molecule has 0 aromatic heterocycles. The predicted octanol–water partition coefficient (Wildman–Crippen LogP) is 2.27. The van der Waals surface area contributed by atoms with Crippen LogP contribution in [0, 0.1) is 0 Å². The molecule has 0 bridgehead atoms. The Hall–Kier alpha value is -0.860. The SMILES string of the molecule is C[N+](C)(C)Cc1ccccc1.[NH4+]. The van der Waals surface area contributed by atoms with E-state index < -0.39 is 0 Å². The van der Waals surface area contributed by atoms with Gasteiger partial charge in [0.05, 0.1) is 21.1 Å². The Morgan fingerprint density at radius 2 is 1.50 bits per heavy atom. The summed E-state index contributed by atoms with van der Waals surface area (Å²) >= 11 is 0. The van der Waals surface area contributed by atoms with Crippen LogP contribution in [0.5, 0.6) is 0 Å². The molecule has 4 N–H and O–H groups in total. The maximum atomic E-state index is 2.20. The fourth-order valence-corrected chi connectivity index (χ4v) is 1.13. The molecule has 1 aromatic rings. The van der Waals surface area contributed by atoms with Gasteiger partial charge >= 0.3 is 0 Å². The third kappa shape index (κ3) is 4.11. The van der Waals surface area contributed by atoms with Gasteiger partial charge in [-0.2, -0.15) is 0 Å². The average molecular weight is 168 g/mol. The summed E-state index contributed by atoms with van der Waals surface area (Å²) in [7, 11) is 6.60. The summed E-state index contributed by atoms with van der Waals surface area (Å²) < 4.78 is 0.990. The summed E-state index contributed by atoms with van der Waals surface area (Å²) in [6, 6.07) is 10.6. The summed E-state index contributed by atoms with van der Waals surface area (Å²) in [5, 5.41) is 0. The van der Waals surface area contributed by atoms with Gasteiger partial charge in [0, 0.05) is 5.56 Å². The third-order valence-corrected chi connectivity index (χ3v) is 1.50. The zero-order chi connectivity index (χ0) is 8.32. The second-order valence-corrected chi connectivity index (χ2v) is 3.93. The maximum Gasteiger partial charge on any atom is 0.104 e. The van der Waals surface area contributed by atoms with Gasteiger partial charge in [-0.25, -0.2) is 0 Å². The molecule has 12 heavy (non-hydrogen) atoms. The van der Waals surface area contributed by atoms with Crippen LogP contribution < -0.4 is 6.15 Å². The first-order chi connectivity index (χ1) is 5.08. The van der Waals surface area contributed by atoms with E-state index in [1.807, 2.05) is 0 Å². The van der Waals surface area contributed by atoms with Gasteiger partial charge in [0.15, 0.2) is 0 Å². The number of rotatable bonds is 2. The molecule has 0 saturated carbocycles.